The molecule has 3 N–H and O–H groups in total. The summed E-state index contributed by atoms with van der Waals surface area (Å²) in [5, 5.41) is 12.2. The molecular formula is C18H15BrN4O3. The smallest absolute Gasteiger partial charge is 0.411 e. The lowest BCUT2D eigenvalue weighted by atomic mass is 10.1. The maximum Gasteiger partial charge on any atom is 0.411 e. The van der Waals surface area contributed by atoms with Crippen LogP contribution in [0.25, 0.3) is 11.3 Å². The van der Waals surface area contributed by atoms with Crippen LogP contribution in [0.3, 0.4) is 0 Å². The van der Waals surface area contributed by atoms with Crippen LogP contribution in [0, 0.1) is 0 Å². The Morgan fingerprint density at radius 1 is 1.04 bits per heavy atom. The molecule has 1 heterocycles. The molecule has 132 valence electrons. The Labute approximate surface area is 157 Å². The van der Waals surface area contributed by atoms with E-state index in [1.165, 1.54) is 7.11 Å². The van der Waals surface area contributed by atoms with Crippen LogP contribution in [-0.2, 0) is 4.74 Å². The number of aromatic amines is 1. The molecule has 7 nitrogen and oxygen atoms in total. The number of methoxy groups -OCH3 is 1. The van der Waals surface area contributed by atoms with Crippen LogP contribution in [-0.4, -0.2) is 29.3 Å². The Morgan fingerprint density at radius 3 is 2.42 bits per heavy atom. The van der Waals surface area contributed by atoms with E-state index in [4.69, 9.17) is 0 Å². The zero-order chi connectivity index (χ0) is 18.5. The van der Waals surface area contributed by atoms with Crippen molar-refractivity contribution in [1.29, 1.82) is 0 Å². The molecular weight excluding hydrogens is 400 g/mol. The molecule has 0 aliphatic carbocycles. The third kappa shape index (κ3) is 4.28. The molecule has 0 saturated carbocycles. The first kappa shape index (κ1) is 17.7. The number of amides is 2. The van der Waals surface area contributed by atoms with Gasteiger partial charge >= 0.3 is 6.09 Å². The van der Waals surface area contributed by atoms with Crippen molar-refractivity contribution in [1.82, 2.24) is 10.2 Å². The summed E-state index contributed by atoms with van der Waals surface area (Å²) in [4.78, 5) is 23.7. The summed E-state index contributed by atoms with van der Waals surface area (Å²) < 4.78 is 5.51. The number of carbonyl (C=O) groups is 2. The summed E-state index contributed by atoms with van der Waals surface area (Å²) in [5.41, 5.74) is 2.93. The number of hydrogen-bond donors (Lipinski definition) is 3. The highest BCUT2D eigenvalue weighted by Gasteiger charge is 2.12. The molecule has 0 spiro atoms. The van der Waals surface area contributed by atoms with Gasteiger partial charge in [0.1, 0.15) is 5.69 Å². The van der Waals surface area contributed by atoms with Gasteiger partial charge in [0.05, 0.1) is 12.8 Å². The van der Waals surface area contributed by atoms with Gasteiger partial charge < -0.3 is 10.1 Å². The first-order valence-electron chi connectivity index (χ1n) is 7.63. The number of carbonyl (C=O) groups excluding carboxylic acids is 2. The van der Waals surface area contributed by atoms with Gasteiger partial charge in [0, 0.05) is 21.4 Å². The molecule has 0 bridgehead atoms. The van der Waals surface area contributed by atoms with E-state index in [-0.39, 0.29) is 5.91 Å². The van der Waals surface area contributed by atoms with Crippen LogP contribution >= 0.6 is 15.9 Å². The van der Waals surface area contributed by atoms with Crippen LogP contribution in [0.5, 0.6) is 0 Å². The number of hydrogen-bond acceptors (Lipinski definition) is 4. The van der Waals surface area contributed by atoms with Crippen LogP contribution in [0.1, 0.15) is 10.5 Å². The molecule has 2 amide bonds. The predicted molar refractivity (Wildman–Crippen MR) is 102 cm³/mol. The number of aromatic nitrogens is 2. The molecule has 0 radical (unpaired) electrons. The quantitative estimate of drug-likeness (QED) is 0.593. The lowest BCUT2D eigenvalue weighted by Crippen LogP contribution is -2.14. The number of halogens is 1. The summed E-state index contributed by atoms with van der Waals surface area (Å²) in [7, 11) is 1.28. The fourth-order valence-electron chi connectivity index (χ4n) is 2.25. The third-order valence-electron chi connectivity index (χ3n) is 3.51. The minimum Gasteiger partial charge on any atom is -0.453 e. The molecule has 0 unspecified atom stereocenters. The van der Waals surface area contributed by atoms with Gasteiger partial charge in [-0.25, -0.2) is 4.79 Å². The Kier molecular flexibility index (Phi) is 5.33. The van der Waals surface area contributed by atoms with Crippen molar-refractivity contribution >= 4 is 39.3 Å². The van der Waals surface area contributed by atoms with E-state index in [1.807, 2.05) is 24.3 Å². The van der Waals surface area contributed by atoms with Gasteiger partial charge in [0.2, 0.25) is 0 Å². The van der Waals surface area contributed by atoms with Crippen LogP contribution in [0.2, 0.25) is 0 Å². The van der Waals surface area contributed by atoms with Crippen molar-refractivity contribution in [2.75, 3.05) is 17.7 Å². The van der Waals surface area contributed by atoms with Crippen molar-refractivity contribution in [3.63, 3.8) is 0 Å². The van der Waals surface area contributed by atoms with Gasteiger partial charge in [-0.1, -0.05) is 34.1 Å². The van der Waals surface area contributed by atoms with E-state index >= 15 is 0 Å². The monoisotopic (exact) mass is 414 g/mol. The Balaban J connectivity index is 1.71. The number of nitrogens with zero attached hydrogens (tertiary/aromatic N) is 1. The lowest BCUT2D eigenvalue weighted by Gasteiger charge is -2.07. The van der Waals surface area contributed by atoms with Gasteiger partial charge in [0.25, 0.3) is 5.91 Å². The highest BCUT2D eigenvalue weighted by Crippen LogP contribution is 2.21. The zero-order valence-electron chi connectivity index (χ0n) is 13.7. The normalized spacial score (nSPS) is 10.2. The highest BCUT2D eigenvalue weighted by molar-refractivity contribution is 9.10. The van der Waals surface area contributed by atoms with Gasteiger partial charge in [-0.05, 0) is 36.4 Å². The molecule has 0 atom stereocenters. The van der Waals surface area contributed by atoms with Gasteiger partial charge in [0.15, 0.2) is 0 Å². The zero-order valence-corrected chi connectivity index (χ0v) is 15.3. The first-order valence-corrected chi connectivity index (χ1v) is 8.42. The fourth-order valence-corrected chi connectivity index (χ4v) is 2.51. The summed E-state index contributed by atoms with van der Waals surface area (Å²) in [6, 6.07) is 16.0. The van der Waals surface area contributed by atoms with Gasteiger partial charge in [-0.3, -0.25) is 15.2 Å². The Bertz CT molecular complexity index is 938. The third-order valence-corrected chi connectivity index (χ3v) is 4.04. The number of anilines is 2. The average molecular weight is 415 g/mol. The molecule has 2 aromatic carbocycles. The van der Waals surface area contributed by atoms with E-state index in [0.717, 1.165) is 10.0 Å². The predicted octanol–water partition coefficient (Wildman–Crippen LogP) is 4.27. The highest BCUT2D eigenvalue weighted by atomic mass is 79.9. The maximum absolute atomic E-state index is 12.4. The molecule has 3 aromatic rings. The van der Waals surface area contributed by atoms with Crippen molar-refractivity contribution in [3.05, 3.63) is 64.8 Å². The number of rotatable bonds is 4. The molecule has 1 aromatic heterocycles. The van der Waals surface area contributed by atoms with Crippen molar-refractivity contribution < 1.29 is 14.3 Å². The fraction of sp³-hybridized carbons (Fsp3) is 0.0556. The van der Waals surface area contributed by atoms with Crippen molar-refractivity contribution in [3.8, 4) is 11.3 Å². The minimum atomic E-state index is -0.582. The maximum atomic E-state index is 12.4. The summed E-state index contributed by atoms with van der Waals surface area (Å²) in [6.45, 7) is 0. The second-order valence-electron chi connectivity index (χ2n) is 5.33. The molecule has 8 heteroatoms. The van der Waals surface area contributed by atoms with E-state index < -0.39 is 6.09 Å². The van der Waals surface area contributed by atoms with Crippen LogP contribution in [0.15, 0.2) is 59.1 Å². The Morgan fingerprint density at radius 2 is 1.73 bits per heavy atom. The Hall–Kier alpha value is -3.13. The summed E-state index contributed by atoms with van der Waals surface area (Å²) in [6.07, 6.45) is -0.582. The van der Waals surface area contributed by atoms with E-state index in [0.29, 0.717) is 22.8 Å². The average Bonchev–Trinajstić information content (AvgIpc) is 3.13. The van der Waals surface area contributed by atoms with Gasteiger partial charge in [-0.15, -0.1) is 0 Å². The number of H-pyrrole nitrogens is 1. The van der Waals surface area contributed by atoms with Crippen molar-refractivity contribution in [2.24, 2.45) is 0 Å². The minimum absolute atomic E-state index is 0.328. The van der Waals surface area contributed by atoms with Crippen LogP contribution in [0.4, 0.5) is 16.2 Å². The van der Waals surface area contributed by atoms with Crippen molar-refractivity contribution in [2.45, 2.75) is 0 Å². The molecule has 0 aliphatic rings. The second-order valence-corrected chi connectivity index (χ2v) is 6.24. The number of nitrogens with one attached hydrogen (secondary N) is 3. The van der Waals surface area contributed by atoms with E-state index in [2.05, 4.69) is 41.5 Å². The SMILES string of the molecule is COC(=O)Nc1cccc(NC(=O)c2cc(-c3ccc(Br)cc3)n[nH]2)c1. The molecule has 0 fully saturated rings. The summed E-state index contributed by atoms with van der Waals surface area (Å²) >= 11 is 3.38. The summed E-state index contributed by atoms with van der Waals surface area (Å²) in [5.74, 6) is -0.337. The first-order chi connectivity index (χ1) is 12.5. The van der Waals surface area contributed by atoms with Crippen LogP contribution < -0.4 is 10.6 Å². The number of benzene rings is 2. The number of ether oxygens (including phenoxy) is 1. The standard InChI is InChI=1S/C18H15BrN4O3/c1-26-18(25)21-14-4-2-3-13(9-14)20-17(24)16-10-15(22-23-16)11-5-7-12(19)8-6-11/h2-10H,1H3,(H,20,24)(H,21,25)(H,22,23). The van der Waals surface area contributed by atoms with E-state index in [9.17, 15) is 9.59 Å². The van der Waals surface area contributed by atoms with E-state index in [1.54, 1.807) is 30.3 Å². The topological polar surface area (TPSA) is 96.1 Å². The largest absolute Gasteiger partial charge is 0.453 e. The lowest BCUT2D eigenvalue weighted by molar-refractivity contribution is 0.102. The molecule has 3 rings (SSSR count). The van der Waals surface area contributed by atoms with Gasteiger partial charge in [-0.2, -0.15) is 5.10 Å². The molecule has 0 saturated heterocycles. The molecule has 26 heavy (non-hydrogen) atoms. The molecule has 0 aliphatic heterocycles. The second kappa shape index (κ2) is 7.83.